The van der Waals surface area contributed by atoms with Crippen LogP contribution in [-0.4, -0.2) is 63.9 Å². The number of hydrogen-bond acceptors (Lipinski definition) is 8. The molecule has 2 heterocycles. The van der Waals surface area contributed by atoms with E-state index in [-0.39, 0.29) is 42.0 Å². The van der Waals surface area contributed by atoms with Crippen molar-refractivity contribution < 1.29 is 37.5 Å². The van der Waals surface area contributed by atoms with E-state index in [9.17, 15) is 32.7 Å². The van der Waals surface area contributed by atoms with E-state index in [2.05, 4.69) is 17.2 Å². The Morgan fingerprint density at radius 2 is 1.97 bits per heavy atom. The number of hydrogen-bond donors (Lipinski definition) is 2. The lowest BCUT2D eigenvalue weighted by atomic mass is 10.0. The van der Waals surface area contributed by atoms with Crippen LogP contribution in [0.1, 0.15) is 52.8 Å². The average molecular weight is 492 g/mol. The van der Waals surface area contributed by atoms with Gasteiger partial charge in [-0.1, -0.05) is 6.58 Å². The van der Waals surface area contributed by atoms with Crippen LogP contribution in [0.5, 0.6) is 5.75 Å². The number of sulfone groups is 1. The molecule has 2 atom stereocenters. The van der Waals surface area contributed by atoms with Crippen LogP contribution in [0.4, 0.5) is 0 Å². The van der Waals surface area contributed by atoms with Gasteiger partial charge in [-0.15, -0.1) is 4.21 Å². The monoisotopic (exact) mass is 491 g/mol. The van der Waals surface area contributed by atoms with Gasteiger partial charge in [-0.2, -0.15) is 0 Å². The molecule has 0 aromatic heterocycles. The zero-order valence-electron chi connectivity index (χ0n) is 18.4. The van der Waals surface area contributed by atoms with Crippen molar-refractivity contribution in [3.63, 3.8) is 0 Å². The minimum atomic E-state index is -3.41. The molecule has 1 fully saturated rings. The first-order valence-corrected chi connectivity index (χ1v) is 12.4. The minimum absolute atomic E-state index is 0.0482. The number of imide groups is 2. The topological polar surface area (TPSA) is 162 Å². The van der Waals surface area contributed by atoms with Gasteiger partial charge in [0.15, 0.2) is 0 Å². The van der Waals surface area contributed by atoms with Crippen LogP contribution in [0, 0.1) is 0 Å². The van der Waals surface area contributed by atoms with Crippen molar-refractivity contribution in [2.75, 3.05) is 18.9 Å². The molecule has 0 bridgehead atoms. The molecule has 0 aliphatic carbocycles. The Labute approximate surface area is 197 Å². The highest BCUT2D eigenvalue weighted by atomic mass is 32.3. The van der Waals surface area contributed by atoms with Gasteiger partial charge in [-0.3, -0.25) is 34.2 Å². The van der Waals surface area contributed by atoms with Gasteiger partial charge in [0.05, 0.1) is 34.4 Å². The van der Waals surface area contributed by atoms with Crippen LogP contribution in [0.15, 0.2) is 30.2 Å². The van der Waals surface area contributed by atoms with Gasteiger partial charge < -0.3 is 14.6 Å². The maximum atomic E-state index is 12.8. The number of amides is 5. The van der Waals surface area contributed by atoms with Crippen molar-refractivity contribution in [2.45, 2.75) is 38.1 Å². The Bertz CT molecular complexity index is 1090. The lowest BCUT2D eigenvalue weighted by Gasteiger charge is -2.27. The van der Waals surface area contributed by atoms with Crippen molar-refractivity contribution in [3.05, 3.63) is 41.3 Å². The molecule has 11 nitrogen and oxygen atoms in total. The van der Waals surface area contributed by atoms with Crippen molar-refractivity contribution in [2.24, 2.45) is 0 Å². The van der Waals surface area contributed by atoms with Gasteiger partial charge in [0.2, 0.25) is 17.7 Å². The van der Waals surface area contributed by atoms with Crippen LogP contribution in [0.2, 0.25) is 0 Å². The van der Waals surface area contributed by atoms with E-state index >= 15 is 0 Å². The largest absolute Gasteiger partial charge is 0.611 e. The standard InChI is InChI=1S/C22H25N3O8S/c1-2-34(31,32)12-9-18(26)23-10-3-4-11-33-14-5-6-15-16(13-14)22(30)25(21(15)29)17-7-8-19(27)24-20(17)28/h2,5-6,13,17H,1,3-4,7-12H2,(H2-,23,24,26,27,28,31,32). The third-order valence-electron chi connectivity index (χ3n) is 5.44. The fourth-order valence-corrected chi connectivity index (χ4v) is 4.23. The molecule has 0 spiro atoms. The second-order valence-electron chi connectivity index (χ2n) is 7.84. The maximum Gasteiger partial charge on any atom is 0.262 e. The van der Waals surface area contributed by atoms with E-state index < -0.39 is 39.9 Å². The average Bonchev–Trinajstić information content (AvgIpc) is 3.04. The van der Waals surface area contributed by atoms with Gasteiger partial charge in [0.25, 0.3) is 11.8 Å². The molecular formula is C22H25N3O8S. The van der Waals surface area contributed by atoms with Gasteiger partial charge in [-0.05, 0) is 37.5 Å². The zero-order valence-corrected chi connectivity index (χ0v) is 19.2. The van der Waals surface area contributed by atoms with Gasteiger partial charge in [0.1, 0.15) is 23.0 Å². The fraction of sp³-hybridized carbons (Fsp3) is 0.409. The highest BCUT2D eigenvalue weighted by Gasteiger charge is 2.44. The molecule has 2 aliphatic rings. The zero-order chi connectivity index (χ0) is 24.9. The number of fused-ring (bicyclic) bond motifs is 1. The van der Waals surface area contributed by atoms with Crippen LogP contribution in [0.25, 0.3) is 0 Å². The number of unbranched alkanes of at least 4 members (excludes halogenated alkanes) is 1. The first kappa shape index (κ1) is 25.2. The highest BCUT2D eigenvalue weighted by molar-refractivity contribution is 8.00. The summed E-state index contributed by atoms with van der Waals surface area (Å²) in [6, 6.07) is 3.44. The summed E-state index contributed by atoms with van der Waals surface area (Å²) in [6.45, 7) is 3.84. The molecule has 1 saturated heterocycles. The van der Waals surface area contributed by atoms with E-state index in [1.807, 2.05) is 0 Å². The third kappa shape index (κ3) is 5.94. The molecule has 1 aromatic rings. The molecule has 12 heteroatoms. The quantitative estimate of drug-likeness (QED) is 0.257. The summed E-state index contributed by atoms with van der Waals surface area (Å²) in [6.07, 6.45) is 1.17. The van der Waals surface area contributed by atoms with E-state index in [0.717, 1.165) is 10.3 Å². The molecule has 3 rings (SSSR count). The predicted molar refractivity (Wildman–Crippen MR) is 119 cm³/mol. The van der Waals surface area contributed by atoms with E-state index in [1.54, 1.807) is 6.07 Å². The number of carbonyl (C=O) groups is 5. The lowest BCUT2D eigenvalue weighted by Crippen LogP contribution is -2.54. The summed E-state index contributed by atoms with van der Waals surface area (Å²) in [4.78, 5) is 61.5. The van der Waals surface area contributed by atoms with Gasteiger partial charge >= 0.3 is 0 Å². The summed E-state index contributed by atoms with van der Waals surface area (Å²) in [5, 5.41) is 5.60. The predicted octanol–water partition coefficient (Wildman–Crippen LogP) is 0.527. The van der Waals surface area contributed by atoms with E-state index in [1.165, 1.54) is 12.1 Å². The molecule has 34 heavy (non-hydrogen) atoms. The summed E-state index contributed by atoms with van der Waals surface area (Å²) in [5.74, 6) is -2.58. The Hall–Kier alpha value is -3.38. The van der Waals surface area contributed by atoms with Crippen molar-refractivity contribution in [1.82, 2.24) is 15.5 Å². The van der Waals surface area contributed by atoms with Crippen LogP contribution >= 0.6 is 0 Å². The molecule has 5 amide bonds. The molecule has 0 saturated carbocycles. The molecule has 1 aromatic carbocycles. The fourth-order valence-electron chi connectivity index (χ4n) is 3.59. The maximum absolute atomic E-state index is 12.8. The molecule has 2 N–H and O–H groups in total. The SMILES string of the molecule is C=C[S+](=O)([O-])CCC(=O)NCCCCOc1ccc2c(c1)C(=O)N(C1CCC(=O)NC1=O)C2=O. The number of nitrogens with one attached hydrogen (secondary N) is 2. The Balaban J connectivity index is 1.45. The number of carbonyl (C=O) groups excluding carboxylic acids is 5. The smallest absolute Gasteiger partial charge is 0.262 e. The van der Waals surface area contributed by atoms with Crippen LogP contribution < -0.4 is 15.4 Å². The Morgan fingerprint density at radius 1 is 1.24 bits per heavy atom. The number of nitrogens with zero attached hydrogens (tertiary/aromatic N) is 1. The summed E-state index contributed by atoms with van der Waals surface area (Å²) < 4.78 is 28.2. The molecule has 2 unspecified atom stereocenters. The number of ether oxygens (including phenoxy) is 1. The first-order valence-electron chi connectivity index (χ1n) is 10.7. The lowest BCUT2D eigenvalue weighted by molar-refractivity contribution is -0.136. The van der Waals surface area contributed by atoms with E-state index in [0.29, 0.717) is 31.7 Å². The second kappa shape index (κ2) is 10.7. The molecule has 0 radical (unpaired) electrons. The van der Waals surface area contributed by atoms with Gasteiger partial charge in [-0.25, -0.2) is 0 Å². The van der Waals surface area contributed by atoms with Crippen molar-refractivity contribution >= 4 is 39.7 Å². The van der Waals surface area contributed by atoms with E-state index in [4.69, 9.17) is 4.74 Å². The molecular weight excluding hydrogens is 466 g/mol. The second-order valence-corrected chi connectivity index (χ2v) is 9.91. The highest BCUT2D eigenvalue weighted by Crippen LogP contribution is 2.30. The summed E-state index contributed by atoms with van der Waals surface area (Å²) in [7, 11) is -3.41. The van der Waals surface area contributed by atoms with Crippen LogP contribution in [0.3, 0.4) is 0 Å². The summed E-state index contributed by atoms with van der Waals surface area (Å²) in [5.41, 5.74) is 0.303. The normalized spacial score (nSPS) is 19.3. The van der Waals surface area contributed by atoms with Gasteiger partial charge in [0, 0.05) is 13.0 Å². The minimum Gasteiger partial charge on any atom is -0.611 e. The first-order chi connectivity index (χ1) is 16.1. The number of benzene rings is 1. The number of rotatable bonds is 11. The molecule has 182 valence electrons. The summed E-state index contributed by atoms with van der Waals surface area (Å²) >= 11 is 0. The Kier molecular flexibility index (Phi) is 7.94. The van der Waals surface area contributed by atoms with Crippen LogP contribution in [-0.2, 0) is 28.8 Å². The van der Waals surface area contributed by atoms with Crippen molar-refractivity contribution in [3.8, 4) is 5.75 Å². The Morgan fingerprint density at radius 3 is 2.68 bits per heavy atom. The van der Waals surface area contributed by atoms with Crippen molar-refractivity contribution in [1.29, 1.82) is 0 Å². The number of piperidine rings is 1. The third-order valence-corrected chi connectivity index (χ3v) is 6.72. The molecule has 2 aliphatic heterocycles.